The van der Waals surface area contributed by atoms with Crippen LogP contribution in [0.5, 0.6) is 0 Å². The summed E-state index contributed by atoms with van der Waals surface area (Å²) < 4.78 is 2.15. The molecule has 1 fully saturated rings. The van der Waals surface area contributed by atoms with Crippen molar-refractivity contribution in [2.75, 3.05) is 44.6 Å². The zero-order valence-corrected chi connectivity index (χ0v) is 15.6. The molecule has 0 aromatic carbocycles. The number of nitrogens with one attached hydrogen (secondary N) is 2. The second kappa shape index (κ2) is 8.60. The molecule has 4 rings (SSSR count). The van der Waals surface area contributed by atoms with Crippen LogP contribution in [0.4, 0.5) is 5.69 Å². The normalized spacial score (nSPS) is 18.7. The van der Waals surface area contributed by atoms with Gasteiger partial charge in [0.2, 0.25) is 5.91 Å². The number of hydrogen-bond acceptors (Lipinski definition) is 6. The molecule has 0 atom stereocenters. The maximum absolute atomic E-state index is 12.2. The molecule has 8 nitrogen and oxygen atoms in total. The quantitative estimate of drug-likeness (QED) is 0.801. The Labute approximate surface area is 159 Å². The van der Waals surface area contributed by atoms with Crippen LogP contribution in [0, 0.1) is 0 Å². The lowest BCUT2D eigenvalue weighted by Gasteiger charge is -2.33. The maximum Gasteiger partial charge on any atom is 0.238 e. The minimum absolute atomic E-state index is 0.0155. The summed E-state index contributed by atoms with van der Waals surface area (Å²) in [5.74, 6) is 0.0155. The summed E-state index contributed by atoms with van der Waals surface area (Å²) in [5, 5.41) is 11.1. The van der Waals surface area contributed by atoms with Crippen molar-refractivity contribution in [2.45, 2.75) is 26.1 Å². The number of rotatable bonds is 5. The van der Waals surface area contributed by atoms with E-state index in [1.54, 1.807) is 12.4 Å². The largest absolute Gasteiger partial charge is 0.324 e. The van der Waals surface area contributed by atoms with Crippen LogP contribution in [0.3, 0.4) is 0 Å². The molecule has 2 aromatic rings. The van der Waals surface area contributed by atoms with Crippen LogP contribution in [0.25, 0.3) is 0 Å². The first kappa shape index (κ1) is 18.1. The van der Waals surface area contributed by atoms with Crippen molar-refractivity contribution in [3.05, 3.63) is 42.0 Å². The number of fused-ring (bicyclic) bond motifs is 1. The fourth-order valence-electron chi connectivity index (χ4n) is 3.67. The van der Waals surface area contributed by atoms with Gasteiger partial charge in [-0.1, -0.05) is 0 Å². The predicted molar refractivity (Wildman–Crippen MR) is 103 cm³/mol. The number of nitrogens with zero attached hydrogens (tertiary/aromatic N) is 5. The first-order chi connectivity index (χ1) is 13.3. The molecule has 1 amide bonds. The zero-order valence-electron chi connectivity index (χ0n) is 15.6. The molecular weight excluding hydrogens is 342 g/mol. The van der Waals surface area contributed by atoms with Gasteiger partial charge in [0, 0.05) is 52.0 Å². The second-order valence-corrected chi connectivity index (χ2v) is 7.22. The third-order valence-electron chi connectivity index (χ3n) is 5.11. The van der Waals surface area contributed by atoms with Gasteiger partial charge in [-0.15, -0.1) is 0 Å². The molecule has 27 heavy (non-hydrogen) atoms. The Morgan fingerprint density at radius 1 is 1.19 bits per heavy atom. The van der Waals surface area contributed by atoms with Crippen LogP contribution in [-0.4, -0.2) is 69.7 Å². The first-order valence-corrected chi connectivity index (χ1v) is 9.67. The zero-order chi connectivity index (χ0) is 18.5. The van der Waals surface area contributed by atoms with Gasteiger partial charge in [0.1, 0.15) is 0 Å². The molecule has 2 aromatic heterocycles. The van der Waals surface area contributed by atoms with Crippen LogP contribution in [0.15, 0.2) is 30.6 Å². The molecule has 2 aliphatic rings. The van der Waals surface area contributed by atoms with Crippen molar-refractivity contribution in [1.82, 2.24) is 29.9 Å². The number of amides is 1. The summed E-state index contributed by atoms with van der Waals surface area (Å²) in [5.41, 5.74) is 3.18. The van der Waals surface area contributed by atoms with E-state index in [-0.39, 0.29) is 5.91 Å². The van der Waals surface area contributed by atoms with Gasteiger partial charge >= 0.3 is 0 Å². The van der Waals surface area contributed by atoms with Crippen LogP contribution in [0.1, 0.15) is 17.8 Å². The van der Waals surface area contributed by atoms with Crippen LogP contribution in [0.2, 0.25) is 0 Å². The molecule has 2 aliphatic heterocycles. The SMILES string of the molecule is O=C(CN1CCN(Cc2cc3n(n2)CCCNC3)CC1)Nc1cccnc1. The van der Waals surface area contributed by atoms with E-state index in [2.05, 4.69) is 36.2 Å². The molecule has 144 valence electrons. The second-order valence-electron chi connectivity index (χ2n) is 7.22. The lowest BCUT2D eigenvalue weighted by atomic mass is 10.2. The Kier molecular flexibility index (Phi) is 5.76. The summed E-state index contributed by atoms with van der Waals surface area (Å²) in [4.78, 5) is 20.8. The van der Waals surface area contributed by atoms with Crippen molar-refractivity contribution in [1.29, 1.82) is 0 Å². The van der Waals surface area contributed by atoms with E-state index in [4.69, 9.17) is 5.10 Å². The van der Waals surface area contributed by atoms with Crippen molar-refractivity contribution in [2.24, 2.45) is 0 Å². The molecule has 1 saturated heterocycles. The summed E-state index contributed by atoms with van der Waals surface area (Å²) in [6.45, 7) is 8.00. The van der Waals surface area contributed by atoms with Gasteiger partial charge < -0.3 is 10.6 Å². The van der Waals surface area contributed by atoms with Crippen molar-refractivity contribution in [3.63, 3.8) is 0 Å². The molecule has 8 heteroatoms. The summed E-state index contributed by atoms with van der Waals surface area (Å²) in [6, 6.07) is 5.90. The molecule has 0 saturated carbocycles. The Morgan fingerprint density at radius 2 is 2.04 bits per heavy atom. The first-order valence-electron chi connectivity index (χ1n) is 9.67. The van der Waals surface area contributed by atoms with Gasteiger partial charge in [-0.05, 0) is 31.2 Å². The van der Waals surface area contributed by atoms with Gasteiger partial charge in [-0.2, -0.15) is 5.10 Å². The highest BCUT2D eigenvalue weighted by atomic mass is 16.2. The highest BCUT2D eigenvalue weighted by Crippen LogP contribution is 2.12. The summed E-state index contributed by atoms with van der Waals surface area (Å²) >= 11 is 0. The average Bonchev–Trinajstić information content (AvgIpc) is 2.92. The number of aryl methyl sites for hydroxylation is 1. The number of anilines is 1. The van der Waals surface area contributed by atoms with Gasteiger partial charge in [0.15, 0.2) is 0 Å². The van der Waals surface area contributed by atoms with Gasteiger partial charge in [0.05, 0.1) is 29.8 Å². The van der Waals surface area contributed by atoms with Crippen LogP contribution >= 0.6 is 0 Å². The average molecular weight is 369 g/mol. The van der Waals surface area contributed by atoms with E-state index in [1.165, 1.54) is 5.69 Å². The lowest BCUT2D eigenvalue weighted by Crippen LogP contribution is -2.48. The van der Waals surface area contributed by atoms with E-state index in [9.17, 15) is 4.79 Å². The summed E-state index contributed by atoms with van der Waals surface area (Å²) in [6.07, 6.45) is 4.50. The third kappa shape index (κ3) is 4.91. The molecule has 0 unspecified atom stereocenters. The molecule has 0 radical (unpaired) electrons. The van der Waals surface area contributed by atoms with E-state index in [0.29, 0.717) is 6.54 Å². The fraction of sp³-hybridized carbons (Fsp3) is 0.526. The van der Waals surface area contributed by atoms with E-state index in [1.807, 2.05) is 12.1 Å². The predicted octanol–water partition coefficient (Wildman–Crippen LogP) is 0.528. The Hall–Kier alpha value is -2.29. The minimum atomic E-state index is 0.0155. The number of carbonyl (C=O) groups excluding carboxylic acids is 1. The third-order valence-corrected chi connectivity index (χ3v) is 5.11. The Balaban J connectivity index is 1.23. The fourth-order valence-corrected chi connectivity index (χ4v) is 3.67. The monoisotopic (exact) mass is 369 g/mol. The number of hydrogen-bond donors (Lipinski definition) is 2. The van der Waals surface area contributed by atoms with Crippen molar-refractivity contribution in [3.8, 4) is 0 Å². The molecule has 4 heterocycles. The Bertz CT molecular complexity index is 729. The van der Waals surface area contributed by atoms with Gasteiger partial charge in [0.25, 0.3) is 0 Å². The molecular formula is C19H27N7O. The number of piperazine rings is 1. The topological polar surface area (TPSA) is 78.3 Å². The maximum atomic E-state index is 12.2. The number of aromatic nitrogens is 3. The van der Waals surface area contributed by atoms with Crippen molar-refractivity contribution >= 4 is 11.6 Å². The van der Waals surface area contributed by atoms with Gasteiger partial charge in [-0.25, -0.2) is 0 Å². The lowest BCUT2D eigenvalue weighted by molar-refractivity contribution is -0.117. The standard InChI is InChI=1S/C19H27N7O/c27-19(22-16-3-1-4-20-12-16)15-25-9-7-24(8-10-25)14-17-11-18-13-21-5-2-6-26(18)23-17/h1,3-4,11-12,21H,2,5-10,13-15H2,(H,22,27). The van der Waals surface area contributed by atoms with E-state index >= 15 is 0 Å². The Morgan fingerprint density at radius 3 is 2.85 bits per heavy atom. The smallest absolute Gasteiger partial charge is 0.238 e. The molecule has 0 aliphatic carbocycles. The van der Waals surface area contributed by atoms with Crippen LogP contribution < -0.4 is 10.6 Å². The molecule has 2 N–H and O–H groups in total. The van der Waals surface area contributed by atoms with Gasteiger partial charge in [-0.3, -0.25) is 24.3 Å². The van der Waals surface area contributed by atoms with E-state index < -0.39 is 0 Å². The minimum Gasteiger partial charge on any atom is -0.324 e. The summed E-state index contributed by atoms with van der Waals surface area (Å²) in [7, 11) is 0. The highest BCUT2D eigenvalue weighted by molar-refractivity contribution is 5.92. The number of pyridine rings is 1. The number of carbonyl (C=O) groups is 1. The highest BCUT2D eigenvalue weighted by Gasteiger charge is 2.20. The van der Waals surface area contributed by atoms with E-state index in [0.717, 1.165) is 70.2 Å². The van der Waals surface area contributed by atoms with Crippen LogP contribution in [-0.2, 0) is 24.4 Å². The molecule has 0 bridgehead atoms. The molecule has 0 spiro atoms. The van der Waals surface area contributed by atoms with Crippen molar-refractivity contribution < 1.29 is 4.79 Å².